The van der Waals surface area contributed by atoms with Crippen molar-refractivity contribution < 1.29 is 46.7 Å². The first-order valence-electron chi connectivity index (χ1n) is 13.7. The molecule has 15 heteroatoms. The zero-order chi connectivity index (χ0) is 32.1. The summed E-state index contributed by atoms with van der Waals surface area (Å²) >= 11 is 0. The Balaban J connectivity index is 1.30. The van der Waals surface area contributed by atoms with Crippen LogP contribution in [0.15, 0.2) is 47.5 Å². The van der Waals surface area contributed by atoms with Crippen molar-refractivity contribution in [2.75, 3.05) is 26.3 Å². The molecule has 0 aromatic heterocycles. The predicted molar refractivity (Wildman–Crippen MR) is 149 cm³/mol. The molecular weight excluding hydrogens is 587 g/mol. The Morgan fingerprint density at radius 2 is 1.61 bits per heavy atom. The van der Waals surface area contributed by atoms with Crippen LogP contribution < -0.4 is 15.4 Å². The molecule has 2 aromatic rings. The number of aliphatic imine (C=N–C) groups is 1. The highest BCUT2D eigenvalue weighted by molar-refractivity contribution is 6.20. The van der Waals surface area contributed by atoms with Gasteiger partial charge in [0.2, 0.25) is 5.96 Å². The van der Waals surface area contributed by atoms with E-state index >= 15 is 0 Å². The Bertz CT molecular complexity index is 1420. The molecule has 4 amide bonds. The monoisotopic (exact) mass is 619 g/mol. The number of fused-ring (bicyclic) bond motifs is 2. The van der Waals surface area contributed by atoms with E-state index in [1.807, 2.05) is 5.32 Å². The minimum absolute atomic E-state index is 0.00157. The standard InChI is InChI=1S/C29H32F3N5O7/c1-28(2,3)44-27(41)34-12-6-11-33-26(35-25(40)29(30,31)32)36-16-18-9-10-20(15-19(18)17-36)42-13-14-43-37-23(38)21-7-4-5-8-22(21)24(37)39/h4-5,7-10,15H,6,11-14,16-17H2,1-3H3,(H,34,41)(H,33,35,40). The van der Waals surface area contributed by atoms with Crippen molar-refractivity contribution in [3.8, 4) is 5.75 Å². The van der Waals surface area contributed by atoms with Gasteiger partial charge >= 0.3 is 18.2 Å². The van der Waals surface area contributed by atoms with Crippen LogP contribution >= 0.6 is 0 Å². The van der Waals surface area contributed by atoms with E-state index in [0.29, 0.717) is 10.8 Å². The molecule has 12 nitrogen and oxygen atoms in total. The van der Waals surface area contributed by atoms with Gasteiger partial charge in [0.1, 0.15) is 24.6 Å². The van der Waals surface area contributed by atoms with E-state index in [-0.39, 0.29) is 62.9 Å². The van der Waals surface area contributed by atoms with Crippen LogP contribution in [0.25, 0.3) is 0 Å². The lowest BCUT2D eigenvalue weighted by Crippen LogP contribution is -2.47. The van der Waals surface area contributed by atoms with Crippen molar-refractivity contribution in [3.05, 3.63) is 64.7 Å². The van der Waals surface area contributed by atoms with Gasteiger partial charge in [0.25, 0.3) is 11.8 Å². The van der Waals surface area contributed by atoms with Crippen LogP contribution in [-0.4, -0.2) is 77.8 Å². The first-order valence-corrected chi connectivity index (χ1v) is 13.7. The third-order valence-electron chi connectivity index (χ3n) is 6.28. The Morgan fingerprint density at radius 1 is 0.955 bits per heavy atom. The number of rotatable bonds is 9. The Kier molecular flexibility index (Phi) is 9.77. The van der Waals surface area contributed by atoms with E-state index in [1.165, 1.54) is 17.0 Å². The zero-order valence-corrected chi connectivity index (χ0v) is 24.3. The second-order valence-corrected chi connectivity index (χ2v) is 10.9. The van der Waals surface area contributed by atoms with Gasteiger partial charge < -0.3 is 19.7 Å². The third kappa shape index (κ3) is 8.24. The number of nitrogens with zero attached hydrogens (tertiary/aromatic N) is 3. The number of benzene rings is 2. The number of nitrogens with one attached hydrogen (secondary N) is 2. The van der Waals surface area contributed by atoms with Crippen LogP contribution in [0.2, 0.25) is 0 Å². The van der Waals surface area contributed by atoms with Gasteiger partial charge in [-0.05, 0) is 62.6 Å². The van der Waals surface area contributed by atoms with Crippen LogP contribution in [0.5, 0.6) is 5.75 Å². The Morgan fingerprint density at radius 3 is 2.25 bits per heavy atom. The fraction of sp³-hybridized carbons (Fsp3) is 0.414. The van der Waals surface area contributed by atoms with Crippen LogP contribution in [0.3, 0.4) is 0 Å². The summed E-state index contributed by atoms with van der Waals surface area (Å²) in [6.07, 6.45) is -5.45. The molecule has 0 aliphatic carbocycles. The summed E-state index contributed by atoms with van der Waals surface area (Å²) in [4.78, 5) is 59.3. The Labute approximate surface area is 251 Å². The first-order chi connectivity index (χ1) is 20.7. The van der Waals surface area contributed by atoms with Gasteiger partial charge in [-0.2, -0.15) is 13.2 Å². The van der Waals surface area contributed by atoms with E-state index in [4.69, 9.17) is 14.3 Å². The highest BCUT2D eigenvalue weighted by atomic mass is 19.4. The minimum Gasteiger partial charge on any atom is -0.491 e. The number of imide groups is 1. The van der Waals surface area contributed by atoms with Gasteiger partial charge in [0.15, 0.2) is 0 Å². The molecule has 0 saturated carbocycles. The number of amides is 4. The van der Waals surface area contributed by atoms with Gasteiger partial charge in [-0.1, -0.05) is 18.2 Å². The second-order valence-electron chi connectivity index (χ2n) is 10.9. The number of hydrogen-bond donors (Lipinski definition) is 2. The third-order valence-corrected chi connectivity index (χ3v) is 6.28. The predicted octanol–water partition coefficient (Wildman–Crippen LogP) is 3.56. The van der Waals surface area contributed by atoms with Crippen LogP contribution in [0, 0.1) is 0 Å². The SMILES string of the molecule is CC(C)(C)OC(=O)NCCCN=C(NC(=O)C(F)(F)F)N1Cc2ccc(OCCON3C(=O)c4ccccc4C3=O)cc2C1. The maximum atomic E-state index is 13.0. The molecular formula is C29H32F3N5O7. The van der Waals surface area contributed by atoms with Gasteiger partial charge in [-0.25, -0.2) is 4.79 Å². The molecule has 2 heterocycles. The lowest BCUT2D eigenvalue weighted by atomic mass is 10.1. The van der Waals surface area contributed by atoms with E-state index < -0.39 is 35.6 Å². The zero-order valence-electron chi connectivity index (χ0n) is 24.3. The normalized spacial score (nSPS) is 14.8. The lowest BCUT2D eigenvalue weighted by Gasteiger charge is -2.21. The van der Waals surface area contributed by atoms with Crippen molar-refractivity contribution in [1.82, 2.24) is 20.6 Å². The number of carbonyl (C=O) groups excluding carboxylic acids is 4. The van der Waals surface area contributed by atoms with Crippen molar-refractivity contribution in [2.45, 2.75) is 52.1 Å². The number of alkyl halides is 3. The minimum atomic E-state index is -5.11. The van der Waals surface area contributed by atoms with Crippen molar-refractivity contribution in [1.29, 1.82) is 0 Å². The van der Waals surface area contributed by atoms with E-state index in [0.717, 1.165) is 11.1 Å². The number of hydroxylamine groups is 2. The van der Waals surface area contributed by atoms with E-state index in [2.05, 4.69) is 10.3 Å². The molecule has 0 unspecified atom stereocenters. The van der Waals surface area contributed by atoms with Crippen molar-refractivity contribution >= 4 is 29.8 Å². The van der Waals surface area contributed by atoms with E-state index in [9.17, 15) is 32.3 Å². The molecule has 2 aliphatic heterocycles. The molecule has 2 aliphatic rings. The van der Waals surface area contributed by atoms with Gasteiger partial charge in [-0.3, -0.25) is 29.5 Å². The van der Waals surface area contributed by atoms with Crippen molar-refractivity contribution in [3.63, 3.8) is 0 Å². The number of guanidine groups is 1. The largest absolute Gasteiger partial charge is 0.491 e. The average Bonchev–Trinajstić information content (AvgIpc) is 3.47. The molecule has 236 valence electrons. The summed E-state index contributed by atoms with van der Waals surface area (Å²) in [5, 5.41) is 5.09. The molecule has 0 fully saturated rings. The van der Waals surface area contributed by atoms with Crippen LogP contribution in [-0.2, 0) is 27.5 Å². The topological polar surface area (TPSA) is 139 Å². The van der Waals surface area contributed by atoms with Crippen LogP contribution in [0.1, 0.15) is 59.0 Å². The number of alkyl carbamates (subject to hydrolysis) is 1. The fourth-order valence-corrected chi connectivity index (χ4v) is 4.34. The molecule has 0 radical (unpaired) electrons. The van der Waals surface area contributed by atoms with Crippen LogP contribution in [0.4, 0.5) is 18.0 Å². The highest BCUT2D eigenvalue weighted by Gasteiger charge is 2.40. The highest BCUT2D eigenvalue weighted by Crippen LogP contribution is 2.28. The smallest absolute Gasteiger partial charge is 0.471 e. The second kappa shape index (κ2) is 13.3. The number of ether oxygens (including phenoxy) is 2. The summed E-state index contributed by atoms with van der Waals surface area (Å²) in [6, 6.07) is 11.5. The summed E-state index contributed by atoms with van der Waals surface area (Å²) in [5.41, 5.74) is 1.37. The number of halogens is 3. The molecule has 2 N–H and O–H groups in total. The van der Waals surface area contributed by atoms with Gasteiger partial charge in [0.05, 0.1) is 11.1 Å². The number of hydrogen-bond acceptors (Lipinski definition) is 8. The number of carbonyl (C=O) groups is 4. The summed E-state index contributed by atoms with van der Waals surface area (Å²) in [7, 11) is 0. The lowest BCUT2D eigenvalue weighted by molar-refractivity contribution is -0.172. The maximum absolute atomic E-state index is 13.0. The van der Waals surface area contributed by atoms with Crippen molar-refractivity contribution in [2.24, 2.45) is 4.99 Å². The molecule has 0 atom stereocenters. The van der Waals surface area contributed by atoms with E-state index in [1.54, 1.807) is 51.1 Å². The quantitative estimate of drug-likeness (QED) is 0.188. The summed E-state index contributed by atoms with van der Waals surface area (Å²) in [5.74, 6) is -3.09. The average molecular weight is 620 g/mol. The molecule has 4 rings (SSSR count). The molecule has 0 spiro atoms. The fourth-order valence-electron chi connectivity index (χ4n) is 4.34. The van der Waals surface area contributed by atoms with Gasteiger partial charge in [0, 0.05) is 26.2 Å². The molecule has 44 heavy (non-hydrogen) atoms. The summed E-state index contributed by atoms with van der Waals surface area (Å²) < 4.78 is 49.9. The molecule has 0 saturated heterocycles. The molecule has 0 bridgehead atoms. The molecule has 2 aromatic carbocycles. The van der Waals surface area contributed by atoms with Gasteiger partial charge in [-0.15, -0.1) is 5.06 Å². The first kappa shape index (κ1) is 32.3. The summed E-state index contributed by atoms with van der Waals surface area (Å²) in [6.45, 7) is 5.56. The maximum Gasteiger partial charge on any atom is 0.471 e. The Hall–Kier alpha value is -4.66.